The molecule has 108 valence electrons. The largest absolute Gasteiger partial charge is 0.452 e. The molecule has 0 atom stereocenters. The number of nitrogens with one attached hydrogen (secondary N) is 1. The Kier molecular flexibility index (Phi) is 5.18. The van der Waals surface area contributed by atoms with E-state index in [2.05, 4.69) is 26.2 Å². The van der Waals surface area contributed by atoms with E-state index in [0.717, 1.165) is 0 Å². The molecule has 0 aliphatic rings. The van der Waals surface area contributed by atoms with Gasteiger partial charge in [0, 0.05) is 16.9 Å². The zero-order chi connectivity index (χ0) is 15.2. The van der Waals surface area contributed by atoms with Crippen molar-refractivity contribution in [2.45, 2.75) is 0 Å². The van der Waals surface area contributed by atoms with Crippen LogP contribution in [-0.2, 0) is 9.53 Å². The molecule has 0 aliphatic carbocycles. The van der Waals surface area contributed by atoms with Crippen molar-refractivity contribution in [2.75, 3.05) is 6.61 Å². The van der Waals surface area contributed by atoms with Gasteiger partial charge in [0.05, 0.1) is 10.4 Å². The van der Waals surface area contributed by atoms with Crippen LogP contribution in [0.5, 0.6) is 0 Å². The normalized spacial score (nSPS) is 9.95. The van der Waals surface area contributed by atoms with Gasteiger partial charge in [0.2, 0.25) is 0 Å². The quantitative estimate of drug-likeness (QED) is 0.834. The molecule has 6 nitrogen and oxygen atoms in total. The number of hydrogen-bond acceptors (Lipinski definition) is 6. The van der Waals surface area contributed by atoms with E-state index in [0.29, 0.717) is 9.35 Å². The van der Waals surface area contributed by atoms with Crippen LogP contribution in [0.25, 0.3) is 0 Å². The molecular weight excluding hydrogens is 360 g/mol. The van der Waals surface area contributed by atoms with Crippen molar-refractivity contribution in [3.63, 3.8) is 0 Å². The fourth-order valence-electron chi connectivity index (χ4n) is 1.37. The van der Waals surface area contributed by atoms with Gasteiger partial charge in [-0.05, 0) is 33.4 Å². The fourth-order valence-corrected chi connectivity index (χ4v) is 2.35. The Morgan fingerprint density at radius 2 is 2.14 bits per heavy atom. The molecule has 0 saturated carbocycles. The first kappa shape index (κ1) is 15.3. The highest BCUT2D eigenvalue weighted by Gasteiger charge is 2.14. The van der Waals surface area contributed by atoms with E-state index in [9.17, 15) is 14.4 Å². The van der Waals surface area contributed by atoms with E-state index in [1.165, 1.54) is 29.8 Å². The number of hydrogen-bond donors (Lipinski definition) is 1. The van der Waals surface area contributed by atoms with E-state index in [1.54, 1.807) is 17.5 Å². The zero-order valence-electron chi connectivity index (χ0n) is 10.5. The van der Waals surface area contributed by atoms with Gasteiger partial charge in [0.1, 0.15) is 0 Å². The smallest absolute Gasteiger partial charge is 0.340 e. The number of esters is 1. The van der Waals surface area contributed by atoms with Gasteiger partial charge in [-0.15, -0.1) is 11.3 Å². The van der Waals surface area contributed by atoms with Gasteiger partial charge in [0.15, 0.2) is 6.61 Å². The lowest BCUT2D eigenvalue weighted by atomic mass is 10.3. The molecule has 0 spiro atoms. The number of pyridine rings is 1. The molecule has 0 unspecified atom stereocenters. The number of thiophene rings is 1. The summed E-state index contributed by atoms with van der Waals surface area (Å²) < 4.78 is 5.42. The van der Waals surface area contributed by atoms with Gasteiger partial charge in [-0.25, -0.2) is 4.79 Å². The minimum absolute atomic E-state index is 0.210. The molecule has 2 aromatic rings. The maximum absolute atomic E-state index is 11.7. The lowest BCUT2D eigenvalue weighted by molar-refractivity contribution is -0.123. The van der Waals surface area contributed by atoms with Crippen LogP contribution in [0.3, 0.4) is 0 Å². The number of nitrogens with zero attached hydrogens (tertiary/aromatic N) is 1. The van der Waals surface area contributed by atoms with E-state index in [1.807, 2.05) is 0 Å². The molecule has 0 aromatic carbocycles. The van der Waals surface area contributed by atoms with Crippen molar-refractivity contribution in [1.82, 2.24) is 10.3 Å². The Labute approximate surface area is 132 Å². The minimum Gasteiger partial charge on any atom is -0.452 e. The Balaban J connectivity index is 1.84. The predicted molar refractivity (Wildman–Crippen MR) is 79.0 cm³/mol. The average molecular weight is 369 g/mol. The van der Waals surface area contributed by atoms with Crippen LogP contribution < -0.4 is 5.32 Å². The molecule has 8 heteroatoms. The van der Waals surface area contributed by atoms with Crippen LogP contribution in [0.4, 0.5) is 0 Å². The molecule has 2 amide bonds. The number of ether oxygens (including phenoxy) is 1. The highest BCUT2D eigenvalue weighted by atomic mass is 79.9. The summed E-state index contributed by atoms with van der Waals surface area (Å²) in [6.07, 6.45) is 2.84. The maximum atomic E-state index is 11.7. The first-order valence-electron chi connectivity index (χ1n) is 5.71. The van der Waals surface area contributed by atoms with Crippen molar-refractivity contribution in [3.05, 3.63) is 50.9 Å². The summed E-state index contributed by atoms with van der Waals surface area (Å²) in [6.45, 7) is -0.539. The summed E-state index contributed by atoms with van der Waals surface area (Å²) >= 11 is 4.38. The molecule has 0 saturated heterocycles. The number of aromatic nitrogens is 1. The Morgan fingerprint density at radius 3 is 2.81 bits per heavy atom. The molecule has 0 radical (unpaired) electrons. The molecule has 2 aromatic heterocycles. The van der Waals surface area contributed by atoms with Crippen molar-refractivity contribution < 1.29 is 19.1 Å². The number of rotatable bonds is 4. The van der Waals surface area contributed by atoms with Gasteiger partial charge in [0.25, 0.3) is 11.8 Å². The second-order valence-electron chi connectivity index (χ2n) is 3.82. The predicted octanol–water partition coefficient (Wildman–Crippen LogP) is 2.02. The van der Waals surface area contributed by atoms with Crippen LogP contribution in [0.1, 0.15) is 20.0 Å². The van der Waals surface area contributed by atoms with Crippen molar-refractivity contribution >= 4 is 45.1 Å². The van der Waals surface area contributed by atoms with Gasteiger partial charge < -0.3 is 4.74 Å². The Hall–Kier alpha value is -2.06. The Morgan fingerprint density at radius 1 is 1.33 bits per heavy atom. The van der Waals surface area contributed by atoms with E-state index >= 15 is 0 Å². The summed E-state index contributed by atoms with van der Waals surface area (Å²) in [5.41, 5.74) is 0.210. The van der Waals surface area contributed by atoms with Gasteiger partial charge in [-0.3, -0.25) is 19.9 Å². The summed E-state index contributed by atoms with van der Waals surface area (Å²) in [6, 6.07) is 4.81. The fraction of sp³-hybridized carbons (Fsp3) is 0.0769. The summed E-state index contributed by atoms with van der Waals surface area (Å²) in [4.78, 5) is 39.0. The van der Waals surface area contributed by atoms with Crippen LogP contribution in [0, 0.1) is 0 Å². The molecule has 1 N–H and O–H groups in total. The van der Waals surface area contributed by atoms with E-state index in [-0.39, 0.29) is 5.56 Å². The highest BCUT2D eigenvalue weighted by Crippen LogP contribution is 2.10. The van der Waals surface area contributed by atoms with Gasteiger partial charge in [-0.2, -0.15) is 0 Å². The first-order valence-corrected chi connectivity index (χ1v) is 7.39. The molecular formula is C13H9BrN2O4S. The molecule has 0 fully saturated rings. The third-order valence-electron chi connectivity index (χ3n) is 2.27. The van der Waals surface area contributed by atoms with Crippen LogP contribution in [-0.4, -0.2) is 29.4 Å². The number of carbonyl (C=O) groups is 3. The second kappa shape index (κ2) is 7.09. The average Bonchev–Trinajstić information content (AvgIpc) is 2.99. The zero-order valence-corrected chi connectivity index (χ0v) is 12.9. The molecule has 2 heterocycles. The van der Waals surface area contributed by atoms with Crippen LogP contribution in [0.15, 0.2) is 40.4 Å². The van der Waals surface area contributed by atoms with Crippen molar-refractivity contribution in [3.8, 4) is 0 Å². The molecule has 21 heavy (non-hydrogen) atoms. The van der Waals surface area contributed by atoms with Crippen LogP contribution >= 0.6 is 27.3 Å². The second-order valence-corrected chi connectivity index (χ2v) is 5.69. The van der Waals surface area contributed by atoms with Crippen LogP contribution in [0.2, 0.25) is 0 Å². The third-order valence-corrected chi connectivity index (χ3v) is 3.58. The summed E-state index contributed by atoms with van der Waals surface area (Å²) in [5, 5.41) is 3.85. The lowest BCUT2D eigenvalue weighted by Crippen LogP contribution is -2.33. The first-order chi connectivity index (χ1) is 10.1. The minimum atomic E-state index is -0.692. The summed E-state index contributed by atoms with van der Waals surface area (Å²) in [7, 11) is 0. The number of amides is 2. The topological polar surface area (TPSA) is 85.4 Å². The number of halogens is 1. The molecule has 2 rings (SSSR count). The van der Waals surface area contributed by atoms with Gasteiger partial charge >= 0.3 is 5.97 Å². The monoisotopic (exact) mass is 368 g/mol. The number of carbonyl (C=O) groups excluding carboxylic acids is 3. The van der Waals surface area contributed by atoms with Crippen molar-refractivity contribution in [2.24, 2.45) is 0 Å². The Bertz CT molecular complexity index is 673. The number of imide groups is 1. The SMILES string of the molecule is O=C(COC(=O)c1cncc(Br)c1)NC(=O)c1cccs1. The van der Waals surface area contributed by atoms with Crippen molar-refractivity contribution in [1.29, 1.82) is 0 Å². The highest BCUT2D eigenvalue weighted by molar-refractivity contribution is 9.10. The van der Waals surface area contributed by atoms with Gasteiger partial charge in [-0.1, -0.05) is 6.07 Å². The van der Waals surface area contributed by atoms with E-state index in [4.69, 9.17) is 4.74 Å². The summed E-state index contributed by atoms with van der Waals surface area (Å²) in [5.74, 6) is -1.90. The maximum Gasteiger partial charge on any atom is 0.340 e. The standard InChI is InChI=1S/C13H9BrN2O4S/c14-9-4-8(5-15-6-9)13(19)20-7-11(17)16-12(18)10-2-1-3-21-10/h1-6H,7H2,(H,16,17,18). The van der Waals surface area contributed by atoms with E-state index < -0.39 is 24.4 Å². The lowest BCUT2D eigenvalue weighted by Gasteiger charge is -2.05. The molecule has 0 aliphatic heterocycles. The third kappa shape index (κ3) is 4.47. The molecule has 0 bridgehead atoms.